The maximum atomic E-state index is 4.85. The molecule has 2 radical (unpaired) electrons. The fourth-order valence-corrected chi connectivity index (χ4v) is 0. The van der Waals surface area contributed by atoms with Gasteiger partial charge >= 0.3 is 0 Å². The Morgan fingerprint density at radius 3 is 1.50 bits per heavy atom. The van der Waals surface area contributed by atoms with Crippen molar-refractivity contribution in [2.45, 2.75) is 34.5 Å². The molecule has 0 aromatic rings. The molecule has 0 saturated carbocycles. The van der Waals surface area contributed by atoms with E-state index in [2.05, 4.69) is 0 Å². The van der Waals surface area contributed by atoms with Crippen LogP contribution >= 0.6 is 0 Å². The molecule has 0 spiro atoms. The minimum absolute atomic E-state index is 0. The summed E-state index contributed by atoms with van der Waals surface area (Å²) in [6.07, 6.45) is 0.750. The van der Waals surface area contributed by atoms with Crippen molar-refractivity contribution < 1.29 is 1.43 Å². The Bertz CT molecular complexity index is 8.04. The zero-order chi connectivity index (χ0) is 4.71. The lowest BCUT2D eigenvalue weighted by Crippen LogP contribution is -1.41. The van der Waals surface area contributed by atoms with Crippen molar-refractivity contribution >= 4 is 7.85 Å². The van der Waals surface area contributed by atoms with Gasteiger partial charge in [0.2, 0.25) is 0 Å². The van der Waals surface area contributed by atoms with Crippen LogP contribution in [0.4, 0.5) is 0 Å². The van der Waals surface area contributed by atoms with Crippen molar-refractivity contribution in [2.24, 2.45) is 0 Å². The molecular weight excluding hydrogens is 70.9 g/mol. The first kappa shape index (κ1) is 16.6. The highest BCUT2D eigenvalue weighted by Gasteiger charge is 1.37. The highest BCUT2D eigenvalue weighted by atomic mass is 13.2. The molecule has 0 aliphatic rings. The van der Waals surface area contributed by atoms with Crippen molar-refractivity contribution in [3.8, 4) is 0 Å². The van der Waals surface area contributed by atoms with Gasteiger partial charge in [-0.3, -0.25) is 0 Å². The molecule has 0 unspecified atom stereocenters. The molecule has 0 aromatic heterocycles. The summed E-state index contributed by atoms with van der Waals surface area (Å²) in [5.74, 6) is 0. The number of hydrogen-bond donors (Lipinski definition) is 0. The molecule has 0 heterocycles. The minimum Gasteiger partial charge on any atom is -0.0915 e. The summed E-state index contributed by atoms with van der Waals surface area (Å²) in [4.78, 5) is 0. The number of rotatable bonds is 0. The van der Waals surface area contributed by atoms with E-state index in [-0.39, 0.29) is 8.85 Å². The van der Waals surface area contributed by atoms with Crippen LogP contribution in [-0.4, -0.2) is 7.85 Å². The largest absolute Gasteiger partial charge is 0.0915 e. The smallest absolute Gasteiger partial charge is 0.0649 e. The molecule has 0 aliphatic heterocycles. The summed E-state index contributed by atoms with van der Waals surface area (Å²) in [5.41, 5.74) is 0. The van der Waals surface area contributed by atoms with Crippen LogP contribution in [-0.2, 0) is 0 Å². The molecule has 6 heavy (non-hydrogen) atoms. The van der Waals surface area contributed by atoms with Crippen molar-refractivity contribution in [2.75, 3.05) is 0 Å². The van der Waals surface area contributed by atoms with Gasteiger partial charge < -0.3 is 0 Å². The molecular formula is C5H17B. The molecule has 0 saturated heterocycles. The molecule has 0 rings (SSSR count). The van der Waals surface area contributed by atoms with Gasteiger partial charge in [-0.05, 0) is 0 Å². The van der Waals surface area contributed by atoms with Gasteiger partial charge in [-0.2, -0.15) is 0 Å². The van der Waals surface area contributed by atoms with Gasteiger partial charge in [-0.1, -0.05) is 34.5 Å². The summed E-state index contributed by atoms with van der Waals surface area (Å²) in [7, 11) is 4.85. The molecule has 0 amide bonds. The van der Waals surface area contributed by atoms with E-state index in [0.29, 0.717) is 0 Å². The summed E-state index contributed by atoms with van der Waals surface area (Å²) in [6, 6.07) is 0. The van der Waals surface area contributed by atoms with Crippen LogP contribution in [0.3, 0.4) is 0 Å². The third-order valence-electron chi connectivity index (χ3n) is 0. The Labute approximate surface area is 44.8 Å². The van der Waals surface area contributed by atoms with E-state index >= 15 is 0 Å². The van der Waals surface area contributed by atoms with E-state index in [0.717, 1.165) is 6.32 Å². The Balaban J connectivity index is -0.0000000105. The third kappa shape index (κ3) is 9060. The summed E-state index contributed by atoms with van der Waals surface area (Å²) < 4.78 is 0. The molecule has 0 N–H and O–H groups in total. The average molecular weight is 89.0 g/mol. The van der Waals surface area contributed by atoms with E-state index in [1.54, 1.807) is 0 Å². The first-order valence-corrected chi connectivity index (χ1v) is 2.12. The highest BCUT2D eigenvalue weighted by Crippen LogP contribution is 1.49. The molecule has 0 aliphatic carbocycles. The second-order valence-electron chi connectivity index (χ2n) is 0.408. The summed E-state index contributed by atoms with van der Waals surface area (Å²) in [6.45, 7) is 5.90. The maximum absolute atomic E-state index is 4.85. The van der Waals surface area contributed by atoms with Crippen LogP contribution < -0.4 is 0 Å². The Morgan fingerprint density at radius 2 is 1.50 bits per heavy atom. The topological polar surface area (TPSA) is 0 Å². The Hall–Kier alpha value is 0.0649. The molecule has 0 aromatic carbocycles. The van der Waals surface area contributed by atoms with Crippen LogP contribution in [0.2, 0.25) is 6.32 Å². The van der Waals surface area contributed by atoms with Crippen molar-refractivity contribution in [3.05, 3.63) is 0 Å². The zero-order valence-electron chi connectivity index (χ0n) is 4.28. The lowest BCUT2D eigenvalue weighted by atomic mass is 10.1. The summed E-state index contributed by atoms with van der Waals surface area (Å²) in [5, 5.41) is 0. The standard InChI is InChI=1S/C2H5B.C2H6.CH4.H2/c1-2-3;1-2;;/h2H2,1H3;1-2H3;1H4;1H/i;;;1+1. The minimum atomic E-state index is 0. The predicted octanol–water partition coefficient (Wildman–Crippen LogP) is 2.50. The second-order valence-corrected chi connectivity index (χ2v) is 0.408. The van der Waals surface area contributed by atoms with Crippen LogP contribution in [0, 0.1) is 0 Å². The van der Waals surface area contributed by atoms with Crippen LogP contribution in [0.1, 0.15) is 29.6 Å². The lowest BCUT2D eigenvalue weighted by Gasteiger charge is -1.46. The van der Waals surface area contributed by atoms with Crippen molar-refractivity contribution in [3.63, 3.8) is 0 Å². The van der Waals surface area contributed by atoms with Crippen LogP contribution in [0.25, 0.3) is 0 Å². The van der Waals surface area contributed by atoms with Crippen molar-refractivity contribution in [1.82, 2.24) is 0 Å². The molecule has 0 nitrogen and oxygen atoms in total. The monoisotopic (exact) mass is 89.1 g/mol. The quantitative estimate of drug-likeness (QED) is 0.400. The van der Waals surface area contributed by atoms with Crippen LogP contribution in [0.5, 0.6) is 0 Å². The van der Waals surface area contributed by atoms with E-state index < -0.39 is 0 Å². The van der Waals surface area contributed by atoms with Gasteiger partial charge in [0.25, 0.3) is 0 Å². The van der Waals surface area contributed by atoms with Gasteiger partial charge in [0.05, 0.1) is 7.85 Å². The van der Waals surface area contributed by atoms with Gasteiger partial charge in [-0.15, -0.1) is 0 Å². The van der Waals surface area contributed by atoms with Gasteiger partial charge in [0.15, 0.2) is 0 Å². The number of hydrogen-bond acceptors (Lipinski definition) is 0. The first-order valence-electron chi connectivity index (χ1n) is 2.12. The Morgan fingerprint density at radius 1 is 1.50 bits per heavy atom. The van der Waals surface area contributed by atoms with E-state index in [4.69, 9.17) is 7.85 Å². The first-order chi connectivity index (χ1) is 2.41. The maximum Gasteiger partial charge on any atom is 0.0649 e. The van der Waals surface area contributed by atoms with Gasteiger partial charge in [-0.25, -0.2) is 0 Å². The zero-order valence-corrected chi connectivity index (χ0v) is 4.28. The molecule has 0 bridgehead atoms. The molecule has 0 fully saturated rings. The molecule has 1 heteroatoms. The SMILES string of the molecule is C.CC.[2HH].[B]CC. The fourth-order valence-electron chi connectivity index (χ4n) is 0. The van der Waals surface area contributed by atoms with E-state index in [1.807, 2.05) is 20.8 Å². The van der Waals surface area contributed by atoms with E-state index in [1.165, 1.54) is 0 Å². The molecule has 40 valence electrons. The van der Waals surface area contributed by atoms with Crippen LogP contribution in [0.15, 0.2) is 0 Å². The van der Waals surface area contributed by atoms with Crippen molar-refractivity contribution in [1.29, 1.82) is 0 Å². The Kier molecular flexibility index (Phi) is 204. The predicted molar refractivity (Wildman–Crippen MR) is 36.4 cm³/mol. The highest BCUT2D eigenvalue weighted by molar-refractivity contribution is 6.08. The molecule has 0 atom stereocenters. The second kappa shape index (κ2) is 73.8. The fraction of sp³-hybridized carbons (Fsp3) is 1.00. The normalized spacial score (nSPS) is 3.83. The summed E-state index contributed by atoms with van der Waals surface area (Å²) >= 11 is 0. The lowest BCUT2D eigenvalue weighted by molar-refractivity contribution is 1.48. The van der Waals surface area contributed by atoms with Gasteiger partial charge in [0, 0.05) is 1.43 Å². The van der Waals surface area contributed by atoms with Gasteiger partial charge in [0.1, 0.15) is 0 Å². The van der Waals surface area contributed by atoms with E-state index in [9.17, 15) is 0 Å². The average Bonchev–Trinajstić information content (AvgIpc) is 1.46. The third-order valence-corrected chi connectivity index (χ3v) is 0.